The monoisotopic (exact) mass is 443 g/mol. The molecule has 0 atom stereocenters. The topological polar surface area (TPSA) is 100 Å². The third kappa shape index (κ3) is 3.52. The van der Waals surface area contributed by atoms with E-state index in [1.165, 1.54) is 33.7 Å². The van der Waals surface area contributed by atoms with E-state index in [4.69, 9.17) is 16.7 Å². The number of benzene rings is 1. The van der Waals surface area contributed by atoms with E-state index < -0.39 is 5.97 Å². The number of tetrazole rings is 1. The fourth-order valence-electron chi connectivity index (χ4n) is 3.85. The highest BCUT2D eigenvalue weighted by Gasteiger charge is 2.32. The summed E-state index contributed by atoms with van der Waals surface area (Å²) in [5.41, 5.74) is 5.27. The van der Waals surface area contributed by atoms with E-state index in [1.54, 1.807) is 6.20 Å². The number of rotatable bonds is 5. The normalized spacial score (nSPS) is 15.9. The van der Waals surface area contributed by atoms with Gasteiger partial charge in [-0.05, 0) is 41.0 Å². The Labute approximate surface area is 181 Å². The first-order chi connectivity index (χ1) is 14.5. The summed E-state index contributed by atoms with van der Waals surface area (Å²) >= 11 is 7.68. The van der Waals surface area contributed by atoms with Gasteiger partial charge in [0.25, 0.3) is 0 Å². The molecule has 0 saturated carbocycles. The van der Waals surface area contributed by atoms with Gasteiger partial charge in [-0.3, -0.25) is 4.79 Å². The lowest BCUT2D eigenvalue weighted by molar-refractivity contribution is -0.138. The molecule has 0 radical (unpaired) electrons. The summed E-state index contributed by atoms with van der Waals surface area (Å²) in [6, 6.07) is 6.02. The lowest BCUT2D eigenvalue weighted by Gasteiger charge is -2.25. The molecular weight excluding hydrogens is 426 g/mol. The molecular formula is C19H18ClN7O2S. The van der Waals surface area contributed by atoms with Gasteiger partial charge in [-0.2, -0.15) is 4.80 Å². The molecule has 2 aromatic heterocycles. The molecule has 30 heavy (non-hydrogen) atoms. The maximum atomic E-state index is 10.8. The van der Waals surface area contributed by atoms with Crippen LogP contribution in [-0.2, 0) is 11.3 Å². The first kappa shape index (κ1) is 19.0. The highest BCUT2D eigenvalue weighted by Crippen LogP contribution is 2.36. The Balaban J connectivity index is 1.26. The molecule has 1 N–H and O–H groups in total. The number of hydrogen-bond donors (Lipinski definition) is 1. The number of anilines is 2. The molecule has 2 aliphatic heterocycles. The van der Waals surface area contributed by atoms with Crippen LogP contribution in [0.15, 0.2) is 35.5 Å². The fraction of sp³-hybridized carbons (Fsp3) is 0.316. The Bertz CT molecular complexity index is 1150. The number of aliphatic carboxylic acids is 1. The molecule has 4 heterocycles. The third-order valence-corrected chi connectivity index (χ3v) is 6.54. The van der Waals surface area contributed by atoms with Gasteiger partial charge < -0.3 is 14.9 Å². The summed E-state index contributed by atoms with van der Waals surface area (Å²) in [7, 11) is 0. The molecule has 1 aromatic carbocycles. The summed E-state index contributed by atoms with van der Waals surface area (Å²) in [5, 5.41) is 22.3. The third-order valence-electron chi connectivity index (χ3n) is 5.25. The van der Waals surface area contributed by atoms with Gasteiger partial charge in [0.15, 0.2) is 11.7 Å². The molecule has 0 spiro atoms. The van der Waals surface area contributed by atoms with Gasteiger partial charge in [0.2, 0.25) is 5.82 Å². The van der Waals surface area contributed by atoms with Gasteiger partial charge in [0.1, 0.15) is 0 Å². The van der Waals surface area contributed by atoms with Crippen molar-refractivity contribution in [2.75, 3.05) is 36.0 Å². The van der Waals surface area contributed by atoms with Gasteiger partial charge in [-0.25, -0.2) is 4.98 Å². The molecule has 154 valence electrons. The van der Waals surface area contributed by atoms with Crippen molar-refractivity contribution in [1.29, 1.82) is 0 Å². The van der Waals surface area contributed by atoms with E-state index in [-0.39, 0.29) is 6.54 Å². The summed E-state index contributed by atoms with van der Waals surface area (Å²) in [6.07, 6.45) is 1.72. The van der Waals surface area contributed by atoms with Gasteiger partial charge in [0.05, 0.1) is 11.1 Å². The van der Waals surface area contributed by atoms with Crippen LogP contribution >= 0.6 is 22.9 Å². The van der Waals surface area contributed by atoms with Crippen LogP contribution in [0.2, 0.25) is 5.02 Å². The quantitative estimate of drug-likeness (QED) is 0.600. The van der Waals surface area contributed by atoms with Crippen LogP contribution in [0.5, 0.6) is 0 Å². The first-order valence-electron chi connectivity index (χ1n) is 9.38. The second-order valence-electron chi connectivity index (χ2n) is 7.39. The van der Waals surface area contributed by atoms with Crippen LogP contribution in [0.3, 0.4) is 0 Å². The minimum absolute atomic E-state index is 0.315. The predicted octanol–water partition coefficient (Wildman–Crippen LogP) is 2.48. The van der Waals surface area contributed by atoms with E-state index in [9.17, 15) is 4.79 Å². The van der Waals surface area contributed by atoms with Crippen molar-refractivity contribution in [2.24, 2.45) is 0 Å². The number of nitrogens with zero attached hydrogens (tertiary/aromatic N) is 7. The molecule has 0 unspecified atom stereocenters. The van der Waals surface area contributed by atoms with Crippen LogP contribution in [0.4, 0.5) is 10.8 Å². The Morgan fingerprint density at radius 2 is 1.93 bits per heavy atom. The van der Waals surface area contributed by atoms with Gasteiger partial charge in [0, 0.05) is 36.9 Å². The van der Waals surface area contributed by atoms with Crippen LogP contribution in [0, 0.1) is 6.92 Å². The summed E-state index contributed by atoms with van der Waals surface area (Å²) in [4.78, 5) is 21.8. The minimum atomic E-state index is -1.01. The van der Waals surface area contributed by atoms with Crippen molar-refractivity contribution in [1.82, 2.24) is 25.2 Å². The number of aromatic nitrogens is 5. The van der Waals surface area contributed by atoms with E-state index >= 15 is 0 Å². The van der Waals surface area contributed by atoms with Gasteiger partial charge in [-0.1, -0.05) is 29.0 Å². The standard InChI is InChI=1S/C19H18ClN7O2S/c1-11-2-3-14(20)4-15(11)25-6-12-8-26(9-13(12)7-25)19-21-5-16(30-19)18-22-24-27(23-18)10-17(28)29/h2-5H,6-10H2,1H3,(H,28,29). The lowest BCUT2D eigenvalue weighted by Crippen LogP contribution is -2.30. The van der Waals surface area contributed by atoms with Crippen LogP contribution in [0.25, 0.3) is 10.7 Å². The molecule has 2 aliphatic rings. The second-order valence-corrected chi connectivity index (χ2v) is 8.84. The zero-order valence-corrected chi connectivity index (χ0v) is 17.7. The molecule has 5 rings (SSSR count). The number of carbonyl (C=O) groups is 1. The average Bonchev–Trinajstić information content (AvgIpc) is 3.44. The largest absolute Gasteiger partial charge is 0.480 e. The lowest BCUT2D eigenvalue weighted by atomic mass is 10.2. The second kappa shape index (κ2) is 7.37. The maximum Gasteiger partial charge on any atom is 0.327 e. The van der Waals surface area contributed by atoms with Crippen LogP contribution in [0.1, 0.15) is 5.56 Å². The van der Waals surface area contributed by atoms with Gasteiger partial charge >= 0.3 is 5.97 Å². The number of carboxylic acid groups (broad SMARTS) is 1. The predicted molar refractivity (Wildman–Crippen MR) is 114 cm³/mol. The molecule has 9 nitrogen and oxygen atoms in total. The SMILES string of the molecule is Cc1ccc(Cl)cc1N1CC2=C(CN(c3ncc(-c4nnn(CC(=O)O)n4)s3)C2)C1. The number of carboxylic acids is 1. The average molecular weight is 444 g/mol. The molecule has 3 aromatic rings. The molecule has 0 amide bonds. The van der Waals surface area contributed by atoms with Crippen molar-refractivity contribution in [2.45, 2.75) is 13.5 Å². The summed E-state index contributed by atoms with van der Waals surface area (Å²) in [6.45, 7) is 5.28. The fourth-order valence-corrected chi connectivity index (χ4v) is 4.86. The Hall–Kier alpha value is -2.98. The number of hydrogen-bond acceptors (Lipinski definition) is 8. The highest BCUT2D eigenvalue weighted by atomic mass is 35.5. The number of halogens is 1. The number of thiazole rings is 1. The van der Waals surface area contributed by atoms with Crippen molar-refractivity contribution in [3.05, 3.63) is 46.1 Å². The molecule has 0 aliphatic carbocycles. The van der Waals surface area contributed by atoms with Crippen molar-refractivity contribution in [3.8, 4) is 10.7 Å². The molecule has 0 saturated heterocycles. The summed E-state index contributed by atoms with van der Waals surface area (Å²) in [5.74, 6) is -0.620. The minimum Gasteiger partial charge on any atom is -0.480 e. The Kier molecular flexibility index (Phi) is 4.67. The van der Waals surface area contributed by atoms with Crippen molar-refractivity contribution in [3.63, 3.8) is 0 Å². The summed E-state index contributed by atoms with van der Waals surface area (Å²) < 4.78 is 0. The van der Waals surface area contributed by atoms with E-state index in [1.807, 2.05) is 12.1 Å². The first-order valence-corrected chi connectivity index (χ1v) is 10.6. The Morgan fingerprint density at radius 3 is 2.67 bits per heavy atom. The van der Waals surface area contributed by atoms with Gasteiger partial charge in [-0.15, -0.1) is 10.2 Å². The van der Waals surface area contributed by atoms with E-state index in [2.05, 4.69) is 43.2 Å². The number of aryl methyl sites for hydroxylation is 1. The molecule has 0 fully saturated rings. The van der Waals surface area contributed by atoms with E-state index in [0.717, 1.165) is 46.0 Å². The highest BCUT2D eigenvalue weighted by molar-refractivity contribution is 7.18. The zero-order valence-electron chi connectivity index (χ0n) is 16.1. The van der Waals surface area contributed by atoms with Crippen LogP contribution < -0.4 is 9.80 Å². The van der Waals surface area contributed by atoms with Crippen molar-refractivity contribution >= 4 is 39.7 Å². The zero-order chi connectivity index (χ0) is 20.8. The Morgan fingerprint density at radius 1 is 1.20 bits per heavy atom. The van der Waals surface area contributed by atoms with E-state index in [0.29, 0.717) is 5.82 Å². The maximum absolute atomic E-state index is 10.8. The van der Waals surface area contributed by atoms with Crippen LogP contribution in [-0.4, -0.2) is 62.4 Å². The van der Waals surface area contributed by atoms with Crippen molar-refractivity contribution < 1.29 is 9.90 Å². The molecule has 11 heteroatoms. The molecule has 0 bridgehead atoms. The smallest absolute Gasteiger partial charge is 0.327 e.